The summed E-state index contributed by atoms with van der Waals surface area (Å²) in [5.41, 5.74) is 4.62. The second-order valence-electron chi connectivity index (χ2n) is 13.9. The van der Waals surface area contributed by atoms with Crippen molar-refractivity contribution >= 4 is 63.6 Å². The fourth-order valence-electron chi connectivity index (χ4n) is 7.19. The lowest BCUT2D eigenvalue weighted by molar-refractivity contribution is -0.116. The molecule has 7 rings (SSSR count). The van der Waals surface area contributed by atoms with E-state index < -0.39 is 23.0 Å². The average Bonchev–Trinajstić information content (AvgIpc) is 3.65. The first-order valence-corrected chi connectivity index (χ1v) is 21.0. The third kappa shape index (κ3) is 9.62. The van der Waals surface area contributed by atoms with Gasteiger partial charge < -0.3 is 30.2 Å². The van der Waals surface area contributed by atoms with Crippen molar-refractivity contribution in [3.05, 3.63) is 177 Å². The molecule has 1 aromatic heterocycles. The van der Waals surface area contributed by atoms with E-state index in [1.807, 2.05) is 54.6 Å². The van der Waals surface area contributed by atoms with Gasteiger partial charge in [0.05, 0.1) is 26.9 Å². The van der Waals surface area contributed by atoms with Crippen molar-refractivity contribution in [3.8, 4) is 11.5 Å². The first-order valence-electron chi connectivity index (χ1n) is 19.3. The number of thiophene rings is 1. The van der Waals surface area contributed by atoms with Gasteiger partial charge in [-0.05, 0) is 84.3 Å². The number of rotatable bonds is 14. The third-order valence-electron chi connectivity index (χ3n) is 10.1. The van der Waals surface area contributed by atoms with Gasteiger partial charge in [-0.15, -0.1) is 23.1 Å². The van der Waals surface area contributed by atoms with Gasteiger partial charge in [-0.1, -0.05) is 97.1 Å². The molecule has 0 aliphatic heterocycles. The number of hydrogen-bond acceptors (Lipinski definition) is 9. The summed E-state index contributed by atoms with van der Waals surface area (Å²) in [5, 5.41) is 8.53. The molecule has 12 heteroatoms. The number of carbonyl (C=O) groups is 4. The van der Waals surface area contributed by atoms with E-state index in [1.54, 1.807) is 66.7 Å². The number of fused-ring (bicyclic) bond motifs is 1. The van der Waals surface area contributed by atoms with Crippen molar-refractivity contribution in [2.75, 3.05) is 32.0 Å². The van der Waals surface area contributed by atoms with Crippen molar-refractivity contribution in [1.82, 2.24) is 5.32 Å². The van der Waals surface area contributed by atoms with E-state index in [1.165, 1.54) is 56.1 Å². The molecule has 3 amide bonds. The van der Waals surface area contributed by atoms with Crippen LogP contribution in [-0.2, 0) is 27.2 Å². The molecule has 1 aliphatic carbocycles. The number of esters is 1. The molecule has 5 aromatic carbocycles. The summed E-state index contributed by atoms with van der Waals surface area (Å²) >= 11 is 2.73. The van der Waals surface area contributed by atoms with Gasteiger partial charge in [0.2, 0.25) is 5.91 Å². The molecule has 0 saturated heterocycles. The number of nitrogens with one attached hydrogen (secondary N) is 3. The molecule has 304 valence electrons. The fraction of sp³-hybridized carbons (Fsp3) is 0.167. The van der Waals surface area contributed by atoms with Crippen LogP contribution in [0.4, 0.5) is 10.7 Å². The molecule has 0 bridgehead atoms. The lowest BCUT2D eigenvalue weighted by Gasteiger charge is -2.22. The van der Waals surface area contributed by atoms with Crippen LogP contribution in [0.1, 0.15) is 65.4 Å². The van der Waals surface area contributed by atoms with Crippen LogP contribution in [0, 0.1) is 0 Å². The van der Waals surface area contributed by atoms with Crippen molar-refractivity contribution in [3.63, 3.8) is 0 Å². The summed E-state index contributed by atoms with van der Waals surface area (Å²) in [6, 6.07) is 40.7. The number of methoxy groups -OCH3 is 3. The zero-order chi connectivity index (χ0) is 42.0. The van der Waals surface area contributed by atoms with E-state index >= 15 is 0 Å². The SMILES string of the molecule is COC(=O)c1c(NC(=O)C(Sc2cccc(NC(=O)/C(=C\c3cccc(OC)c3OC)NC(=O)c3ccccc3)c2)c2ccccc2)sc2c1CCC(c1ccccc1)C2. The molecule has 0 saturated carbocycles. The number of ether oxygens (including phenoxy) is 3. The number of thioether (sulfide) groups is 1. The highest BCUT2D eigenvalue weighted by Gasteiger charge is 2.32. The van der Waals surface area contributed by atoms with Crippen molar-refractivity contribution in [1.29, 1.82) is 0 Å². The maximum atomic E-state index is 14.4. The van der Waals surface area contributed by atoms with E-state index in [-0.39, 0.29) is 11.6 Å². The molecule has 2 unspecified atom stereocenters. The molecule has 0 radical (unpaired) electrons. The van der Waals surface area contributed by atoms with E-state index in [0.717, 1.165) is 28.8 Å². The van der Waals surface area contributed by atoms with Gasteiger partial charge >= 0.3 is 5.97 Å². The standard InChI is InChI=1S/C48H43N3O7S2/c1-56-39-24-13-21-34(42(39)57-2)27-38(50-44(52)32-19-11-6-12-20-32)45(53)49-35-22-14-23-36(29-35)59-43(31-17-9-5-10-18-31)46(54)51-47-41(48(55)58-3)37-26-25-33(28-40(37)60-47)30-15-7-4-8-16-30/h4-24,27,29,33,43H,25-26,28H2,1-3H3,(H,49,53)(H,50,52)(H,51,54)/b38-27+. The zero-order valence-corrected chi connectivity index (χ0v) is 34.9. The molecule has 60 heavy (non-hydrogen) atoms. The monoisotopic (exact) mass is 837 g/mol. The Morgan fingerprint density at radius 3 is 2.18 bits per heavy atom. The van der Waals surface area contributed by atoms with Crippen LogP contribution in [0.15, 0.2) is 144 Å². The maximum absolute atomic E-state index is 14.4. The Morgan fingerprint density at radius 2 is 1.48 bits per heavy atom. The van der Waals surface area contributed by atoms with Crippen LogP contribution in [0.3, 0.4) is 0 Å². The first kappa shape index (κ1) is 41.5. The Morgan fingerprint density at radius 1 is 0.783 bits per heavy atom. The predicted octanol–water partition coefficient (Wildman–Crippen LogP) is 9.71. The Kier molecular flexibility index (Phi) is 13.4. The molecule has 6 aromatic rings. The van der Waals surface area contributed by atoms with Crippen LogP contribution in [-0.4, -0.2) is 45.0 Å². The predicted molar refractivity (Wildman–Crippen MR) is 237 cm³/mol. The van der Waals surface area contributed by atoms with E-state index in [4.69, 9.17) is 14.2 Å². The van der Waals surface area contributed by atoms with E-state index in [9.17, 15) is 19.2 Å². The van der Waals surface area contributed by atoms with E-state index in [2.05, 4.69) is 28.1 Å². The Hall–Kier alpha value is -6.63. The lowest BCUT2D eigenvalue weighted by Crippen LogP contribution is -2.30. The third-order valence-corrected chi connectivity index (χ3v) is 12.5. The molecule has 1 heterocycles. The molecular formula is C48H43N3O7S2. The van der Waals surface area contributed by atoms with Crippen molar-refractivity contribution in [2.45, 2.75) is 35.3 Å². The summed E-state index contributed by atoms with van der Waals surface area (Å²) < 4.78 is 16.3. The molecule has 3 N–H and O–H groups in total. The lowest BCUT2D eigenvalue weighted by atomic mass is 9.83. The number of hydrogen-bond donors (Lipinski definition) is 3. The van der Waals surface area contributed by atoms with Crippen LogP contribution in [0.25, 0.3) is 6.08 Å². The van der Waals surface area contributed by atoms with Gasteiger partial charge in [0.15, 0.2) is 11.5 Å². The summed E-state index contributed by atoms with van der Waals surface area (Å²) in [4.78, 5) is 56.8. The molecular weight excluding hydrogens is 795 g/mol. The smallest absolute Gasteiger partial charge is 0.341 e. The average molecular weight is 838 g/mol. The number of anilines is 2. The van der Waals surface area contributed by atoms with Gasteiger partial charge in [-0.2, -0.15) is 0 Å². The van der Waals surface area contributed by atoms with Crippen molar-refractivity contribution in [2.24, 2.45) is 0 Å². The normalized spacial score (nSPS) is 13.9. The van der Waals surface area contributed by atoms with Crippen molar-refractivity contribution < 1.29 is 33.4 Å². The van der Waals surface area contributed by atoms with E-state index in [0.29, 0.717) is 56.1 Å². The zero-order valence-electron chi connectivity index (χ0n) is 33.2. The largest absolute Gasteiger partial charge is 0.493 e. The van der Waals surface area contributed by atoms with Crippen LogP contribution >= 0.6 is 23.1 Å². The molecule has 0 spiro atoms. The Labute approximate surface area is 357 Å². The second-order valence-corrected chi connectivity index (χ2v) is 16.2. The number of para-hydroxylation sites is 1. The summed E-state index contributed by atoms with van der Waals surface area (Å²) in [5.74, 6) is -0.701. The van der Waals surface area contributed by atoms with Gasteiger partial charge in [0, 0.05) is 26.6 Å². The van der Waals surface area contributed by atoms with Gasteiger partial charge in [-0.25, -0.2) is 4.79 Å². The highest BCUT2D eigenvalue weighted by Crippen LogP contribution is 2.44. The van der Waals surface area contributed by atoms with Crippen LogP contribution in [0.5, 0.6) is 11.5 Å². The highest BCUT2D eigenvalue weighted by atomic mass is 32.2. The Bertz CT molecular complexity index is 2520. The minimum atomic E-state index is -0.736. The number of amides is 3. The minimum Gasteiger partial charge on any atom is -0.493 e. The topological polar surface area (TPSA) is 132 Å². The summed E-state index contributed by atoms with van der Waals surface area (Å²) in [6.07, 6.45) is 3.87. The Balaban J connectivity index is 1.15. The van der Waals surface area contributed by atoms with Crippen LogP contribution < -0.4 is 25.4 Å². The minimum absolute atomic E-state index is 0.0369. The molecule has 10 nitrogen and oxygen atoms in total. The quantitative estimate of drug-likeness (QED) is 0.0562. The maximum Gasteiger partial charge on any atom is 0.341 e. The van der Waals surface area contributed by atoms with Gasteiger partial charge in [0.1, 0.15) is 15.9 Å². The number of carbonyl (C=O) groups excluding carboxylic acids is 4. The molecule has 0 fully saturated rings. The number of benzene rings is 5. The van der Waals surface area contributed by atoms with Gasteiger partial charge in [0.25, 0.3) is 11.8 Å². The summed E-state index contributed by atoms with van der Waals surface area (Å²) in [6.45, 7) is 0. The molecule has 2 atom stereocenters. The van der Waals surface area contributed by atoms with Gasteiger partial charge in [-0.3, -0.25) is 14.4 Å². The molecule has 1 aliphatic rings. The van der Waals surface area contributed by atoms with Crippen LogP contribution in [0.2, 0.25) is 0 Å². The first-order chi connectivity index (χ1) is 29.3. The summed E-state index contributed by atoms with van der Waals surface area (Å²) in [7, 11) is 4.37. The highest BCUT2D eigenvalue weighted by molar-refractivity contribution is 8.00. The fourth-order valence-corrected chi connectivity index (χ4v) is 9.59. The second kappa shape index (κ2) is 19.4.